The van der Waals surface area contributed by atoms with E-state index in [-0.39, 0.29) is 45.8 Å². The van der Waals surface area contributed by atoms with Crippen molar-refractivity contribution < 1.29 is 76.1 Å². The number of aliphatic hydroxyl groups is 1. The molecule has 1 aliphatic heterocycles. The number of hydrogen-bond acceptors (Lipinski definition) is 3. The molecule has 1 saturated heterocycles. The first-order valence-electron chi connectivity index (χ1n) is 5.32. The molecule has 11 heteroatoms. The normalized spacial score (nSPS) is 15.5. The third-order valence-corrected chi connectivity index (χ3v) is 1.75. The SMILES string of the molecule is C[C@H](O)C#CC1O[C@H](C)[C@@H](C)O1.[C-]#[O+].[C-]#[O+].[C-]#[O+].[C-]#[O+].[C-]#[O+].[C-]#[O+].[Co].[Co]. The van der Waals surface area contributed by atoms with Gasteiger partial charge in [0.25, 0.3) is 0 Å². The molecular formula is C15H14Co2O9. The molecule has 1 rings (SSSR count). The van der Waals surface area contributed by atoms with Crippen LogP contribution in [0.1, 0.15) is 20.8 Å². The van der Waals surface area contributed by atoms with Crippen molar-refractivity contribution in [2.24, 2.45) is 0 Å². The Morgan fingerprint density at radius 3 is 1.15 bits per heavy atom. The van der Waals surface area contributed by atoms with Gasteiger partial charge >= 0.3 is 67.8 Å². The Kier molecular flexibility index (Phi) is 108. The van der Waals surface area contributed by atoms with Crippen molar-refractivity contribution in [3.05, 3.63) is 39.9 Å². The first-order chi connectivity index (χ1) is 11.6. The van der Waals surface area contributed by atoms with Gasteiger partial charge in [-0.2, -0.15) is 0 Å². The number of hydrogen-bond donors (Lipinski definition) is 1. The zero-order valence-electron chi connectivity index (χ0n) is 13.7. The van der Waals surface area contributed by atoms with Crippen LogP contribution in [0.2, 0.25) is 0 Å². The van der Waals surface area contributed by atoms with Gasteiger partial charge in [-0.1, -0.05) is 5.92 Å². The summed E-state index contributed by atoms with van der Waals surface area (Å²) in [6.07, 6.45) is -0.926. The van der Waals surface area contributed by atoms with Gasteiger partial charge in [-0.05, 0) is 26.7 Å². The molecule has 1 aliphatic rings. The molecule has 26 heavy (non-hydrogen) atoms. The molecule has 3 atom stereocenters. The Morgan fingerprint density at radius 1 is 0.731 bits per heavy atom. The summed E-state index contributed by atoms with van der Waals surface area (Å²) in [6, 6.07) is 0. The molecular weight excluding hydrogens is 442 g/mol. The standard InChI is InChI=1S/C9H14O3.6CO.2Co/c1-6(10)4-5-9-11-7(2)8(3)12-9;6*1-2;;/h6-10H,1-3H3;;;;;;;;/t6-,7+,8+;;;;;;;;/m0......../s1. The summed E-state index contributed by atoms with van der Waals surface area (Å²) in [4.78, 5) is 0. The van der Waals surface area contributed by atoms with E-state index in [1.54, 1.807) is 6.92 Å². The van der Waals surface area contributed by atoms with Crippen LogP contribution in [0.25, 0.3) is 0 Å². The Morgan fingerprint density at radius 2 is 0.962 bits per heavy atom. The fourth-order valence-corrected chi connectivity index (χ4v) is 0.900. The van der Waals surface area contributed by atoms with Crippen LogP contribution < -0.4 is 0 Å². The van der Waals surface area contributed by atoms with E-state index in [2.05, 4.69) is 51.7 Å². The predicted molar refractivity (Wildman–Crippen MR) is 67.9 cm³/mol. The molecule has 1 heterocycles. The molecule has 0 bridgehead atoms. The van der Waals surface area contributed by atoms with Crippen molar-refractivity contribution in [1.82, 2.24) is 0 Å². The Bertz CT molecular complexity index is 371. The third-order valence-electron chi connectivity index (χ3n) is 1.75. The van der Waals surface area contributed by atoms with E-state index < -0.39 is 12.4 Å². The van der Waals surface area contributed by atoms with Crippen LogP contribution in [0, 0.1) is 51.7 Å². The average Bonchev–Trinajstić information content (AvgIpc) is 3.01. The summed E-state index contributed by atoms with van der Waals surface area (Å²) in [5.41, 5.74) is 0. The summed E-state index contributed by atoms with van der Waals surface area (Å²) in [5, 5.41) is 8.86. The summed E-state index contributed by atoms with van der Waals surface area (Å²) >= 11 is 0. The topological polar surface area (TPSA) is 158 Å². The average molecular weight is 456 g/mol. The molecule has 0 unspecified atom stereocenters. The zero-order valence-corrected chi connectivity index (χ0v) is 15.8. The summed E-state index contributed by atoms with van der Waals surface area (Å²) in [5.74, 6) is 5.28. The molecule has 1 fully saturated rings. The van der Waals surface area contributed by atoms with Crippen molar-refractivity contribution >= 4 is 0 Å². The van der Waals surface area contributed by atoms with Crippen molar-refractivity contribution in [2.75, 3.05) is 0 Å². The third kappa shape index (κ3) is 43.4. The van der Waals surface area contributed by atoms with Gasteiger partial charge in [0.15, 0.2) is 0 Å². The summed E-state index contributed by atoms with van der Waals surface area (Å²) in [7, 11) is 0. The monoisotopic (exact) mass is 456 g/mol. The van der Waals surface area contributed by atoms with Crippen LogP contribution >= 0.6 is 0 Å². The number of rotatable bonds is 0. The molecule has 1 N–H and O–H groups in total. The van der Waals surface area contributed by atoms with Gasteiger partial charge in [-0.3, -0.25) is 0 Å². The van der Waals surface area contributed by atoms with Crippen molar-refractivity contribution in [2.45, 2.75) is 45.4 Å². The van der Waals surface area contributed by atoms with Crippen LogP contribution in [0.4, 0.5) is 0 Å². The van der Waals surface area contributed by atoms with E-state index in [1.807, 2.05) is 13.8 Å². The van der Waals surface area contributed by atoms with E-state index in [1.165, 1.54) is 0 Å². The maximum Gasteiger partial charge on any atom is 0 e. The van der Waals surface area contributed by atoms with Gasteiger partial charge in [-0.15, -0.1) is 0 Å². The van der Waals surface area contributed by atoms with E-state index >= 15 is 0 Å². The Balaban J connectivity index is -0.0000000332. The molecule has 0 saturated carbocycles. The van der Waals surface area contributed by atoms with E-state index in [4.69, 9.17) is 42.5 Å². The fourth-order valence-electron chi connectivity index (χ4n) is 0.900. The van der Waals surface area contributed by atoms with Crippen molar-refractivity contribution in [1.29, 1.82) is 0 Å². The van der Waals surface area contributed by atoms with Crippen molar-refractivity contribution in [3.8, 4) is 11.8 Å². The Hall–Kier alpha value is -1.11. The van der Waals surface area contributed by atoms with E-state index in [0.29, 0.717) is 0 Å². The van der Waals surface area contributed by atoms with Crippen LogP contribution in [0.3, 0.4) is 0 Å². The minimum absolute atomic E-state index is 0. The minimum atomic E-state index is -0.622. The van der Waals surface area contributed by atoms with Gasteiger partial charge < -0.3 is 14.6 Å². The molecule has 0 aromatic heterocycles. The fraction of sp³-hybridized carbons (Fsp3) is 0.467. The molecule has 2 radical (unpaired) electrons. The zero-order chi connectivity index (χ0) is 21.1. The van der Waals surface area contributed by atoms with Gasteiger partial charge in [0.05, 0.1) is 12.2 Å². The van der Waals surface area contributed by atoms with Gasteiger partial charge in [0.1, 0.15) is 6.10 Å². The quantitative estimate of drug-likeness (QED) is 0.316. The second-order valence-electron chi connectivity index (χ2n) is 2.98. The summed E-state index contributed by atoms with van der Waals surface area (Å²) in [6.45, 7) is 32.5. The molecule has 0 aromatic carbocycles. The van der Waals surface area contributed by atoms with Gasteiger partial charge in [0, 0.05) is 33.6 Å². The van der Waals surface area contributed by atoms with E-state index in [9.17, 15) is 0 Å². The van der Waals surface area contributed by atoms with Crippen LogP contribution in [-0.4, -0.2) is 29.7 Å². The molecule has 9 nitrogen and oxygen atoms in total. The van der Waals surface area contributed by atoms with Crippen LogP contribution in [0.15, 0.2) is 0 Å². The van der Waals surface area contributed by atoms with Gasteiger partial charge in [0.2, 0.25) is 6.29 Å². The number of aliphatic hydroxyl groups excluding tert-OH is 1. The predicted octanol–water partition coefficient (Wildman–Crippen LogP) is 0.290. The van der Waals surface area contributed by atoms with Crippen LogP contribution in [-0.2, 0) is 70.9 Å². The largest absolute Gasteiger partial charge is 0 e. The molecule has 0 amide bonds. The molecule has 146 valence electrons. The molecule has 0 aliphatic carbocycles. The molecule has 0 aromatic rings. The second kappa shape index (κ2) is 56.5. The maximum absolute atomic E-state index is 8.86. The maximum atomic E-state index is 8.86. The second-order valence-corrected chi connectivity index (χ2v) is 2.98. The van der Waals surface area contributed by atoms with Crippen LogP contribution in [0.5, 0.6) is 0 Å². The molecule has 0 spiro atoms. The number of ether oxygens (including phenoxy) is 2. The first-order valence-corrected chi connectivity index (χ1v) is 5.32. The Labute approximate surface area is 173 Å². The summed E-state index contributed by atoms with van der Waals surface area (Å²) < 4.78 is 55.6. The first kappa shape index (κ1) is 49.8. The smallest absolute Gasteiger partial charge is 0 e. The van der Waals surface area contributed by atoms with Crippen molar-refractivity contribution in [3.63, 3.8) is 0 Å². The van der Waals surface area contributed by atoms with Gasteiger partial charge in [-0.25, -0.2) is 0 Å². The van der Waals surface area contributed by atoms with E-state index in [0.717, 1.165) is 0 Å². The minimum Gasteiger partial charge on any atom is 0 e.